The number of carboxylic acid groups (broad SMARTS) is 1. The summed E-state index contributed by atoms with van der Waals surface area (Å²) in [5, 5.41) is 20.2. The van der Waals surface area contributed by atoms with Crippen LogP contribution in [-0.2, 0) is 11.3 Å². The highest BCUT2D eigenvalue weighted by Crippen LogP contribution is 2.29. The molecule has 1 fully saturated rings. The summed E-state index contributed by atoms with van der Waals surface area (Å²) in [5.74, 6) is -0.461. The lowest BCUT2D eigenvalue weighted by molar-refractivity contribution is -0.138. The smallest absolute Gasteiger partial charge is 0.327 e. The van der Waals surface area contributed by atoms with Crippen LogP contribution >= 0.6 is 15.9 Å². The first-order chi connectivity index (χ1) is 14.5. The lowest BCUT2D eigenvalue weighted by Gasteiger charge is -2.33. The molecular formula is C18H17BrFN7O3. The van der Waals surface area contributed by atoms with Gasteiger partial charge in [-0.15, -0.1) is 10.2 Å². The van der Waals surface area contributed by atoms with E-state index in [1.807, 2.05) is 0 Å². The molecule has 1 aliphatic rings. The number of piperidine rings is 1. The Labute approximate surface area is 178 Å². The van der Waals surface area contributed by atoms with Gasteiger partial charge in [0.2, 0.25) is 11.6 Å². The number of benzene rings is 1. The van der Waals surface area contributed by atoms with Crippen molar-refractivity contribution in [3.05, 3.63) is 40.9 Å². The standard InChI is InChI=1S/C18H17BrFN7O3/c19-14-2-1-11(20)7-15(14)30-13-3-5-26(6-4-13)12-8-21-17(22-9-12)18-23-25-27(24-18)10-16(28)29/h1-2,7-9,13H,3-6,10H2,(H,28,29). The third kappa shape index (κ3) is 4.70. The summed E-state index contributed by atoms with van der Waals surface area (Å²) in [6.45, 7) is 1.11. The summed E-state index contributed by atoms with van der Waals surface area (Å²) < 4.78 is 20.1. The molecule has 0 radical (unpaired) electrons. The van der Waals surface area contributed by atoms with Crippen LogP contribution in [0.15, 0.2) is 35.1 Å². The highest BCUT2D eigenvalue weighted by Gasteiger charge is 2.22. The molecule has 1 aliphatic heterocycles. The van der Waals surface area contributed by atoms with Crippen molar-refractivity contribution < 1.29 is 19.0 Å². The van der Waals surface area contributed by atoms with Crippen molar-refractivity contribution in [2.45, 2.75) is 25.5 Å². The van der Waals surface area contributed by atoms with Gasteiger partial charge in [-0.25, -0.2) is 14.4 Å². The van der Waals surface area contributed by atoms with E-state index >= 15 is 0 Å². The minimum atomic E-state index is -1.06. The van der Waals surface area contributed by atoms with Gasteiger partial charge < -0.3 is 14.7 Å². The molecule has 1 N–H and O–H groups in total. The minimum absolute atomic E-state index is 0.00647. The Hall–Kier alpha value is -3.15. The summed E-state index contributed by atoms with van der Waals surface area (Å²) >= 11 is 3.38. The zero-order chi connectivity index (χ0) is 21.1. The Balaban J connectivity index is 1.35. The number of aromatic nitrogens is 6. The molecule has 0 aliphatic carbocycles. The fourth-order valence-corrected chi connectivity index (χ4v) is 3.44. The van der Waals surface area contributed by atoms with Crippen LogP contribution in [0, 0.1) is 5.82 Å². The molecule has 0 atom stereocenters. The number of hydrogen-bond acceptors (Lipinski definition) is 8. The van der Waals surface area contributed by atoms with Gasteiger partial charge in [-0.2, -0.15) is 4.80 Å². The number of aliphatic carboxylic acids is 1. The van der Waals surface area contributed by atoms with Crippen LogP contribution < -0.4 is 9.64 Å². The van der Waals surface area contributed by atoms with Crippen LogP contribution in [0.2, 0.25) is 0 Å². The van der Waals surface area contributed by atoms with Gasteiger partial charge in [0.05, 0.1) is 22.6 Å². The maximum absolute atomic E-state index is 13.4. The third-order valence-corrected chi connectivity index (χ3v) is 5.22. The Morgan fingerprint density at radius 1 is 1.23 bits per heavy atom. The molecule has 0 unspecified atom stereocenters. The average Bonchev–Trinajstić information content (AvgIpc) is 3.19. The van der Waals surface area contributed by atoms with Crippen LogP contribution in [0.4, 0.5) is 10.1 Å². The number of carboxylic acids is 1. The minimum Gasteiger partial charge on any atom is -0.489 e. The monoisotopic (exact) mass is 477 g/mol. The van der Waals surface area contributed by atoms with Crippen molar-refractivity contribution in [2.24, 2.45) is 0 Å². The molecule has 0 saturated carbocycles. The lowest BCUT2D eigenvalue weighted by Crippen LogP contribution is -2.38. The number of tetrazole rings is 1. The highest BCUT2D eigenvalue weighted by atomic mass is 79.9. The van der Waals surface area contributed by atoms with Gasteiger partial charge in [-0.05, 0) is 33.3 Å². The molecule has 2 aromatic heterocycles. The van der Waals surface area contributed by atoms with E-state index in [1.165, 1.54) is 12.1 Å². The number of halogens is 2. The van der Waals surface area contributed by atoms with E-state index in [0.717, 1.165) is 40.9 Å². The molecule has 1 saturated heterocycles. The van der Waals surface area contributed by atoms with Gasteiger partial charge >= 0.3 is 5.97 Å². The predicted molar refractivity (Wildman–Crippen MR) is 106 cm³/mol. The Kier molecular flexibility index (Phi) is 5.84. The average molecular weight is 478 g/mol. The van der Waals surface area contributed by atoms with E-state index in [4.69, 9.17) is 9.84 Å². The van der Waals surface area contributed by atoms with Gasteiger partial charge in [0.1, 0.15) is 17.7 Å². The van der Waals surface area contributed by atoms with Crippen LogP contribution in [0.3, 0.4) is 0 Å². The maximum atomic E-state index is 13.4. The zero-order valence-electron chi connectivity index (χ0n) is 15.6. The maximum Gasteiger partial charge on any atom is 0.327 e. The van der Waals surface area contributed by atoms with Gasteiger partial charge in [-0.1, -0.05) is 0 Å². The highest BCUT2D eigenvalue weighted by molar-refractivity contribution is 9.10. The van der Waals surface area contributed by atoms with Crippen molar-refractivity contribution in [3.63, 3.8) is 0 Å². The largest absolute Gasteiger partial charge is 0.489 e. The van der Waals surface area contributed by atoms with Gasteiger partial charge in [0.25, 0.3) is 0 Å². The second-order valence-electron chi connectivity index (χ2n) is 6.68. The third-order valence-electron chi connectivity index (χ3n) is 4.56. The van der Waals surface area contributed by atoms with E-state index in [1.54, 1.807) is 18.5 Å². The van der Waals surface area contributed by atoms with Crippen molar-refractivity contribution in [1.82, 2.24) is 30.2 Å². The Morgan fingerprint density at radius 2 is 1.97 bits per heavy atom. The Bertz CT molecular complexity index is 1040. The summed E-state index contributed by atoms with van der Waals surface area (Å²) in [6.07, 6.45) is 4.88. The molecular weight excluding hydrogens is 461 g/mol. The number of rotatable bonds is 6. The van der Waals surface area contributed by atoms with Crippen LogP contribution in [0.1, 0.15) is 12.8 Å². The van der Waals surface area contributed by atoms with E-state index in [2.05, 4.69) is 46.2 Å². The summed E-state index contributed by atoms with van der Waals surface area (Å²) in [5.41, 5.74) is 0.849. The quantitative estimate of drug-likeness (QED) is 0.569. The first-order valence-corrected chi connectivity index (χ1v) is 9.96. The van der Waals surface area contributed by atoms with Gasteiger partial charge in [0.15, 0.2) is 6.54 Å². The topological polar surface area (TPSA) is 119 Å². The molecule has 4 rings (SSSR count). The summed E-state index contributed by atoms with van der Waals surface area (Å²) in [6, 6.07) is 4.39. The SMILES string of the molecule is O=C(O)Cn1nnc(-c2ncc(N3CCC(Oc4cc(F)ccc4Br)CC3)cn2)n1. The fraction of sp³-hybridized carbons (Fsp3) is 0.333. The zero-order valence-corrected chi connectivity index (χ0v) is 17.2. The molecule has 30 heavy (non-hydrogen) atoms. The van der Waals surface area contributed by atoms with Crippen LogP contribution in [0.5, 0.6) is 5.75 Å². The molecule has 3 aromatic rings. The predicted octanol–water partition coefficient (Wildman–Crippen LogP) is 2.16. The second-order valence-corrected chi connectivity index (χ2v) is 7.54. The Morgan fingerprint density at radius 3 is 2.67 bits per heavy atom. The van der Waals surface area contributed by atoms with E-state index < -0.39 is 5.97 Å². The molecule has 3 heterocycles. The molecule has 1 aromatic carbocycles. The number of nitrogens with zero attached hydrogens (tertiary/aromatic N) is 7. The van der Waals surface area contributed by atoms with Crippen molar-refractivity contribution in [1.29, 1.82) is 0 Å². The van der Waals surface area contributed by atoms with Crippen molar-refractivity contribution in [3.8, 4) is 17.4 Å². The summed E-state index contributed by atoms with van der Waals surface area (Å²) in [7, 11) is 0. The lowest BCUT2D eigenvalue weighted by atomic mass is 10.1. The number of ether oxygens (including phenoxy) is 1. The molecule has 12 heteroatoms. The van der Waals surface area contributed by atoms with Crippen molar-refractivity contribution >= 4 is 27.6 Å². The number of carbonyl (C=O) groups is 1. The van der Waals surface area contributed by atoms with Crippen LogP contribution in [0.25, 0.3) is 11.6 Å². The molecule has 10 nitrogen and oxygen atoms in total. The van der Waals surface area contributed by atoms with E-state index in [9.17, 15) is 9.18 Å². The van der Waals surface area contributed by atoms with E-state index in [-0.39, 0.29) is 30.1 Å². The number of hydrogen-bond donors (Lipinski definition) is 1. The normalized spacial score (nSPS) is 14.7. The molecule has 0 amide bonds. The first kappa shape index (κ1) is 20.1. The molecule has 0 spiro atoms. The summed E-state index contributed by atoms with van der Waals surface area (Å²) in [4.78, 5) is 22.3. The first-order valence-electron chi connectivity index (χ1n) is 9.16. The number of anilines is 1. The van der Waals surface area contributed by atoms with E-state index in [0.29, 0.717) is 5.75 Å². The van der Waals surface area contributed by atoms with Crippen molar-refractivity contribution in [2.75, 3.05) is 18.0 Å². The van der Waals surface area contributed by atoms with Gasteiger partial charge in [0, 0.05) is 32.0 Å². The second kappa shape index (κ2) is 8.69. The van der Waals surface area contributed by atoms with Gasteiger partial charge in [-0.3, -0.25) is 4.79 Å². The molecule has 156 valence electrons. The molecule has 0 bridgehead atoms. The fourth-order valence-electron chi connectivity index (χ4n) is 3.10. The van der Waals surface area contributed by atoms with Crippen LogP contribution in [-0.4, -0.2) is 60.4 Å².